The number of rotatable bonds is 4. The molecule has 0 aliphatic carbocycles. The summed E-state index contributed by atoms with van der Waals surface area (Å²) in [7, 11) is 0. The first kappa shape index (κ1) is 20.7. The molecule has 1 fully saturated rings. The molecule has 34 heavy (non-hydrogen) atoms. The number of aromatic nitrogens is 2. The molecular weight excluding hydrogens is 428 g/mol. The van der Waals surface area contributed by atoms with Gasteiger partial charge in [0, 0.05) is 55.4 Å². The molecule has 2 aromatic heterocycles. The minimum absolute atomic E-state index is 0.149. The van der Waals surface area contributed by atoms with Gasteiger partial charge in [-0.3, -0.25) is 9.69 Å². The molecule has 0 bridgehead atoms. The summed E-state index contributed by atoms with van der Waals surface area (Å²) in [5.41, 5.74) is 4.63. The molecule has 0 saturated carbocycles. The Labute approximate surface area is 196 Å². The van der Waals surface area contributed by atoms with E-state index in [1.165, 1.54) is 0 Å². The van der Waals surface area contributed by atoms with Gasteiger partial charge < -0.3 is 20.1 Å². The van der Waals surface area contributed by atoms with Crippen LogP contribution in [0, 0.1) is 0 Å². The van der Waals surface area contributed by atoms with Gasteiger partial charge in [0.2, 0.25) is 5.78 Å². The Balaban J connectivity index is 1.32. The predicted octanol–water partition coefficient (Wildman–Crippen LogP) is 3.96. The number of nitrogens with one attached hydrogen (secondary N) is 2. The van der Waals surface area contributed by atoms with Crippen molar-refractivity contribution < 1.29 is 14.6 Å². The summed E-state index contributed by atoms with van der Waals surface area (Å²) >= 11 is 0. The van der Waals surface area contributed by atoms with Crippen LogP contribution in [0.4, 0.5) is 0 Å². The lowest BCUT2D eigenvalue weighted by atomic mass is 10.0. The molecule has 0 radical (unpaired) electrons. The molecule has 7 heteroatoms. The average Bonchev–Trinajstić information content (AvgIpc) is 3.42. The van der Waals surface area contributed by atoms with Crippen LogP contribution in [0.2, 0.25) is 0 Å². The van der Waals surface area contributed by atoms with Gasteiger partial charge in [0.25, 0.3) is 0 Å². The highest BCUT2D eigenvalue weighted by Gasteiger charge is 2.32. The Bertz CT molecular complexity index is 1420. The molecule has 3 N–H and O–H groups in total. The number of aromatic amines is 1. The number of H-pyrrole nitrogens is 1. The standard InChI is InChI=1S/C27H24N4O3/c32-23-9-7-20-25(33)24(34-26(20)21(23)16-31-12-10-28-11-13-31)14-18-15-29-27-19(18)6-8-22(30-27)17-4-2-1-3-5-17/h1-9,14-15,28,32H,10-13,16H2,(H,29,30)/b24-14-. The summed E-state index contributed by atoms with van der Waals surface area (Å²) in [6.45, 7) is 4.11. The van der Waals surface area contributed by atoms with Gasteiger partial charge in [-0.05, 0) is 30.3 Å². The van der Waals surface area contributed by atoms with Crippen molar-refractivity contribution in [2.45, 2.75) is 6.54 Å². The van der Waals surface area contributed by atoms with Gasteiger partial charge in [0.05, 0.1) is 16.8 Å². The number of hydrogen-bond acceptors (Lipinski definition) is 6. The van der Waals surface area contributed by atoms with Gasteiger partial charge in [-0.2, -0.15) is 0 Å². The summed E-state index contributed by atoms with van der Waals surface area (Å²) in [6.07, 6.45) is 3.58. The number of piperazine rings is 1. The first-order chi connectivity index (χ1) is 16.7. The molecule has 4 aromatic rings. The number of phenolic OH excluding ortho intramolecular Hbond substituents is 1. The van der Waals surface area contributed by atoms with Crippen LogP contribution in [0.1, 0.15) is 21.5 Å². The van der Waals surface area contributed by atoms with Crippen molar-refractivity contribution in [1.82, 2.24) is 20.2 Å². The number of fused-ring (bicyclic) bond motifs is 2. The Morgan fingerprint density at radius 3 is 2.71 bits per heavy atom. The van der Waals surface area contributed by atoms with Crippen LogP contribution in [0.5, 0.6) is 11.5 Å². The topological polar surface area (TPSA) is 90.5 Å². The largest absolute Gasteiger partial charge is 0.507 e. The van der Waals surface area contributed by atoms with Crippen molar-refractivity contribution >= 4 is 22.9 Å². The Kier molecular flexibility index (Phi) is 5.13. The van der Waals surface area contributed by atoms with Gasteiger partial charge in [-0.15, -0.1) is 0 Å². The van der Waals surface area contributed by atoms with Crippen LogP contribution in [0.25, 0.3) is 28.4 Å². The smallest absolute Gasteiger partial charge is 0.231 e. The molecule has 0 unspecified atom stereocenters. The monoisotopic (exact) mass is 452 g/mol. The van der Waals surface area contributed by atoms with Crippen molar-refractivity contribution in [3.63, 3.8) is 0 Å². The third-order valence-corrected chi connectivity index (χ3v) is 6.43. The summed E-state index contributed by atoms with van der Waals surface area (Å²) in [6, 6.07) is 17.2. The highest BCUT2D eigenvalue weighted by Crippen LogP contribution is 2.40. The molecule has 0 atom stereocenters. The number of aromatic hydroxyl groups is 1. The van der Waals surface area contributed by atoms with Gasteiger partial charge in [-0.1, -0.05) is 30.3 Å². The van der Waals surface area contributed by atoms with Crippen molar-refractivity contribution in [3.05, 3.63) is 83.2 Å². The van der Waals surface area contributed by atoms with Gasteiger partial charge in [0.15, 0.2) is 5.76 Å². The second kappa shape index (κ2) is 8.44. The van der Waals surface area contributed by atoms with Gasteiger partial charge in [-0.25, -0.2) is 4.98 Å². The van der Waals surface area contributed by atoms with E-state index in [1.54, 1.807) is 18.2 Å². The summed E-state index contributed by atoms with van der Waals surface area (Å²) in [4.78, 5) is 23.3. The maximum absolute atomic E-state index is 13.1. The third kappa shape index (κ3) is 3.65. The van der Waals surface area contributed by atoms with Crippen molar-refractivity contribution in [3.8, 4) is 22.8 Å². The van der Waals surface area contributed by atoms with Crippen LogP contribution in [0.3, 0.4) is 0 Å². The summed E-state index contributed by atoms with van der Waals surface area (Å²) < 4.78 is 6.06. The number of ether oxygens (including phenoxy) is 1. The van der Waals surface area contributed by atoms with E-state index >= 15 is 0 Å². The van der Waals surface area contributed by atoms with Gasteiger partial charge >= 0.3 is 0 Å². The summed E-state index contributed by atoms with van der Waals surface area (Å²) in [5.74, 6) is 0.671. The molecule has 2 aliphatic heterocycles. The number of carbonyl (C=O) groups is 1. The van der Waals surface area contributed by atoms with Crippen LogP contribution in [-0.2, 0) is 6.54 Å². The van der Waals surface area contributed by atoms with Crippen molar-refractivity contribution in [2.75, 3.05) is 26.2 Å². The zero-order valence-corrected chi connectivity index (χ0v) is 18.5. The first-order valence-electron chi connectivity index (χ1n) is 11.4. The lowest BCUT2D eigenvalue weighted by Crippen LogP contribution is -2.42. The fourth-order valence-electron chi connectivity index (χ4n) is 4.60. The minimum Gasteiger partial charge on any atom is -0.507 e. The molecule has 0 spiro atoms. The number of hydrogen-bond donors (Lipinski definition) is 3. The van der Waals surface area contributed by atoms with E-state index in [0.29, 0.717) is 23.4 Å². The van der Waals surface area contributed by atoms with E-state index in [0.717, 1.165) is 54.0 Å². The molecule has 2 aromatic carbocycles. The number of Topliss-reactive ketones (excluding diaryl/α,β-unsaturated/α-hetero) is 1. The molecule has 4 heterocycles. The summed E-state index contributed by atoms with van der Waals surface area (Å²) in [5, 5.41) is 14.8. The van der Waals surface area contributed by atoms with E-state index in [4.69, 9.17) is 9.72 Å². The molecule has 6 rings (SSSR count). The molecule has 170 valence electrons. The number of nitrogens with zero attached hydrogens (tertiary/aromatic N) is 2. The van der Waals surface area contributed by atoms with Crippen LogP contribution in [-0.4, -0.2) is 51.9 Å². The lowest BCUT2D eigenvalue weighted by molar-refractivity contribution is 0.101. The fourth-order valence-corrected chi connectivity index (χ4v) is 4.60. The molecule has 0 amide bonds. The molecular formula is C27H24N4O3. The van der Waals surface area contributed by atoms with E-state index in [-0.39, 0.29) is 17.3 Å². The highest BCUT2D eigenvalue weighted by molar-refractivity contribution is 6.15. The SMILES string of the molecule is O=C1/C(=C/c2c[nH]c3nc(-c4ccccc4)ccc23)Oc2c1ccc(O)c2CN1CCNCC1. The minimum atomic E-state index is -0.181. The second-order valence-electron chi connectivity index (χ2n) is 8.61. The zero-order valence-electron chi connectivity index (χ0n) is 18.5. The Morgan fingerprint density at radius 1 is 1.06 bits per heavy atom. The lowest BCUT2D eigenvalue weighted by Gasteiger charge is -2.27. The average molecular weight is 453 g/mol. The Hall–Kier alpha value is -3.94. The van der Waals surface area contributed by atoms with Crippen LogP contribution < -0.4 is 10.1 Å². The number of benzene rings is 2. The van der Waals surface area contributed by atoms with E-state index in [9.17, 15) is 9.90 Å². The fraction of sp³-hybridized carbons (Fsp3) is 0.185. The molecule has 1 saturated heterocycles. The third-order valence-electron chi connectivity index (χ3n) is 6.43. The number of allylic oxidation sites excluding steroid dienone is 1. The Morgan fingerprint density at radius 2 is 1.88 bits per heavy atom. The number of phenols is 1. The maximum atomic E-state index is 13.1. The normalized spacial score (nSPS) is 17.3. The highest BCUT2D eigenvalue weighted by atomic mass is 16.5. The van der Waals surface area contributed by atoms with Crippen molar-refractivity contribution in [2.24, 2.45) is 0 Å². The van der Waals surface area contributed by atoms with E-state index in [2.05, 4.69) is 15.2 Å². The molecule has 7 nitrogen and oxygen atoms in total. The van der Waals surface area contributed by atoms with Crippen LogP contribution in [0.15, 0.2) is 66.6 Å². The zero-order chi connectivity index (χ0) is 23.1. The number of pyridine rings is 1. The maximum Gasteiger partial charge on any atom is 0.231 e. The predicted molar refractivity (Wildman–Crippen MR) is 131 cm³/mol. The quantitative estimate of drug-likeness (QED) is 0.406. The van der Waals surface area contributed by atoms with Crippen LogP contribution >= 0.6 is 0 Å². The van der Waals surface area contributed by atoms with E-state index in [1.807, 2.05) is 48.7 Å². The van der Waals surface area contributed by atoms with Gasteiger partial charge in [0.1, 0.15) is 17.1 Å². The first-order valence-corrected chi connectivity index (χ1v) is 11.4. The van der Waals surface area contributed by atoms with E-state index < -0.39 is 0 Å². The number of ketones is 1. The number of carbonyl (C=O) groups excluding carboxylic acids is 1. The second-order valence-corrected chi connectivity index (χ2v) is 8.61. The molecule has 2 aliphatic rings. The van der Waals surface area contributed by atoms with Crippen molar-refractivity contribution in [1.29, 1.82) is 0 Å².